The zero-order chi connectivity index (χ0) is 14.9. The molecule has 2 aromatic rings. The van der Waals surface area contributed by atoms with Crippen LogP contribution in [-0.4, -0.2) is 32.4 Å². The number of carbonyl (C=O) groups excluding carboxylic acids is 1. The maximum atomic E-state index is 12.6. The van der Waals surface area contributed by atoms with E-state index in [1.807, 2.05) is 4.90 Å². The van der Waals surface area contributed by atoms with Crippen LogP contribution in [0.15, 0.2) is 12.4 Å². The number of aromatic amines is 1. The van der Waals surface area contributed by atoms with Gasteiger partial charge in [-0.1, -0.05) is 0 Å². The molecule has 1 aliphatic carbocycles. The van der Waals surface area contributed by atoms with Gasteiger partial charge >= 0.3 is 6.03 Å². The number of anilines is 1. The van der Waals surface area contributed by atoms with Crippen LogP contribution in [0.1, 0.15) is 48.1 Å². The highest BCUT2D eigenvalue weighted by Crippen LogP contribution is 2.32. The van der Waals surface area contributed by atoms with Gasteiger partial charge in [-0.05, 0) is 38.5 Å². The quantitative estimate of drug-likeness (QED) is 0.893. The minimum atomic E-state index is -0.0648. The predicted molar refractivity (Wildman–Crippen MR) is 85.0 cm³/mol. The van der Waals surface area contributed by atoms with Crippen molar-refractivity contribution >= 4 is 22.5 Å². The number of urea groups is 1. The molecule has 0 spiro atoms. The number of nitrogens with zero attached hydrogens (tertiary/aromatic N) is 3. The smallest absolute Gasteiger partial charge is 0.324 e. The van der Waals surface area contributed by atoms with Crippen LogP contribution in [-0.2, 0) is 12.8 Å². The molecule has 2 aliphatic rings. The molecule has 1 atom stereocenters. The summed E-state index contributed by atoms with van der Waals surface area (Å²) < 4.78 is 0. The number of fused-ring (bicyclic) bond motifs is 1. The van der Waals surface area contributed by atoms with Crippen LogP contribution in [0.3, 0.4) is 0 Å². The van der Waals surface area contributed by atoms with Gasteiger partial charge in [-0.2, -0.15) is 0 Å². The van der Waals surface area contributed by atoms with E-state index in [2.05, 4.69) is 20.3 Å². The van der Waals surface area contributed by atoms with Crippen molar-refractivity contribution in [3.05, 3.63) is 28.8 Å². The molecule has 1 saturated heterocycles. The number of H-pyrrole nitrogens is 1. The Bertz CT molecular complexity index is 642. The van der Waals surface area contributed by atoms with Crippen LogP contribution >= 0.6 is 11.3 Å². The Labute approximate surface area is 133 Å². The number of amides is 2. The third-order valence-corrected chi connectivity index (χ3v) is 5.48. The minimum absolute atomic E-state index is 0.0459. The van der Waals surface area contributed by atoms with Crippen LogP contribution in [0, 0.1) is 0 Å². The van der Waals surface area contributed by atoms with Gasteiger partial charge in [0.25, 0.3) is 0 Å². The summed E-state index contributed by atoms with van der Waals surface area (Å²) in [6.45, 7) is 0.766. The van der Waals surface area contributed by atoms with E-state index in [0.29, 0.717) is 0 Å². The van der Waals surface area contributed by atoms with E-state index in [1.54, 1.807) is 23.7 Å². The van der Waals surface area contributed by atoms with E-state index >= 15 is 0 Å². The zero-order valence-electron chi connectivity index (χ0n) is 12.3. The molecule has 0 bridgehead atoms. The molecule has 22 heavy (non-hydrogen) atoms. The Hall–Kier alpha value is -1.89. The van der Waals surface area contributed by atoms with Gasteiger partial charge in [0.2, 0.25) is 0 Å². The maximum absolute atomic E-state index is 12.6. The molecule has 0 radical (unpaired) electrons. The summed E-state index contributed by atoms with van der Waals surface area (Å²) in [5.74, 6) is 0.867. The van der Waals surface area contributed by atoms with E-state index in [4.69, 9.17) is 0 Å². The Morgan fingerprint density at radius 1 is 1.36 bits per heavy atom. The first kappa shape index (κ1) is 13.8. The number of imidazole rings is 1. The number of hydrogen-bond donors (Lipinski definition) is 2. The van der Waals surface area contributed by atoms with Crippen LogP contribution in [0.25, 0.3) is 0 Å². The van der Waals surface area contributed by atoms with Crippen molar-refractivity contribution in [2.75, 3.05) is 11.9 Å². The molecule has 0 saturated carbocycles. The first-order valence-corrected chi connectivity index (χ1v) is 8.68. The summed E-state index contributed by atoms with van der Waals surface area (Å²) in [5, 5.41) is 3.72. The van der Waals surface area contributed by atoms with Crippen molar-refractivity contribution in [2.45, 2.75) is 44.6 Å². The highest BCUT2D eigenvalue weighted by atomic mass is 32.1. The van der Waals surface area contributed by atoms with Gasteiger partial charge in [0, 0.05) is 23.8 Å². The molecular weight excluding hydrogens is 298 g/mol. The van der Waals surface area contributed by atoms with Crippen LogP contribution in [0.2, 0.25) is 0 Å². The molecule has 2 amide bonds. The Kier molecular flexibility index (Phi) is 3.57. The average molecular weight is 317 g/mol. The van der Waals surface area contributed by atoms with E-state index in [1.165, 1.54) is 23.4 Å². The molecule has 4 rings (SSSR count). The Morgan fingerprint density at radius 2 is 2.27 bits per heavy atom. The molecule has 7 heteroatoms. The van der Waals surface area contributed by atoms with Crippen molar-refractivity contribution < 1.29 is 4.79 Å². The lowest BCUT2D eigenvalue weighted by atomic mass is 10.0. The number of carbonyl (C=O) groups is 1. The van der Waals surface area contributed by atoms with Gasteiger partial charge < -0.3 is 9.88 Å². The molecule has 2 aromatic heterocycles. The summed E-state index contributed by atoms with van der Waals surface area (Å²) in [6.07, 6.45) is 10.1. The third kappa shape index (κ3) is 2.49. The van der Waals surface area contributed by atoms with Crippen molar-refractivity contribution in [3.8, 4) is 0 Å². The SMILES string of the molecule is O=C(Nc1nc2c(s1)CCCC2)N1CCCC1c1ncc[nH]1. The lowest BCUT2D eigenvalue weighted by molar-refractivity contribution is 0.205. The molecule has 0 aromatic carbocycles. The minimum Gasteiger partial charge on any atom is -0.347 e. The second-order valence-corrected chi connectivity index (χ2v) is 6.94. The summed E-state index contributed by atoms with van der Waals surface area (Å²) in [6, 6.07) is -0.0189. The van der Waals surface area contributed by atoms with Gasteiger partial charge in [-0.3, -0.25) is 5.32 Å². The van der Waals surface area contributed by atoms with Gasteiger partial charge in [0.15, 0.2) is 5.13 Å². The summed E-state index contributed by atoms with van der Waals surface area (Å²) in [7, 11) is 0. The van der Waals surface area contributed by atoms with Crippen molar-refractivity contribution in [3.63, 3.8) is 0 Å². The summed E-state index contributed by atoms with van der Waals surface area (Å²) in [4.78, 5) is 27.8. The molecule has 1 fully saturated rings. The fourth-order valence-electron chi connectivity index (χ4n) is 3.32. The fraction of sp³-hybridized carbons (Fsp3) is 0.533. The topological polar surface area (TPSA) is 73.9 Å². The van der Waals surface area contributed by atoms with Crippen molar-refractivity contribution in [1.29, 1.82) is 0 Å². The monoisotopic (exact) mass is 317 g/mol. The second kappa shape index (κ2) is 5.72. The molecule has 2 N–H and O–H groups in total. The van der Waals surface area contributed by atoms with E-state index in [9.17, 15) is 4.79 Å². The zero-order valence-corrected chi connectivity index (χ0v) is 13.2. The number of rotatable bonds is 2. The molecule has 3 heterocycles. The highest BCUT2D eigenvalue weighted by Gasteiger charge is 2.32. The van der Waals surface area contributed by atoms with Crippen LogP contribution < -0.4 is 5.32 Å². The summed E-state index contributed by atoms with van der Waals surface area (Å²) >= 11 is 1.63. The number of likely N-dealkylation sites (tertiary alicyclic amines) is 1. The van der Waals surface area contributed by atoms with Gasteiger partial charge in [-0.15, -0.1) is 11.3 Å². The van der Waals surface area contributed by atoms with Crippen LogP contribution in [0.5, 0.6) is 0 Å². The maximum Gasteiger partial charge on any atom is 0.324 e. The standard InChI is InChI=1S/C15H19N5OS/c21-15(19-14-18-10-4-1-2-6-12(10)22-14)20-9-3-5-11(20)13-16-7-8-17-13/h7-8,11H,1-6,9H2,(H,16,17)(H,18,19,21). The number of aromatic nitrogens is 3. The van der Waals surface area contributed by atoms with E-state index < -0.39 is 0 Å². The van der Waals surface area contributed by atoms with Crippen LogP contribution in [0.4, 0.5) is 9.93 Å². The average Bonchev–Trinajstić information content (AvgIpc) is 3.25. The molecule has 1 aliphatic heterocycles. The lowest BCUT2D eigenvalue weighted by Crippen LogP contribution is -2.34. The highest BCUT2D eigenvalue weighted by molar-refractivity contribution is 7.15. The predicted octanol–water partition coefficient (Wildman–Crippen LogP) is 3.11. The first-order valence-electron chi connectivity index (χ1n) is 7.87. The number of hydrogen-bond acceptors (Lipinski definition) is 4. The molecule has 6 nitrogen and oxygen atoms in total. The normalized spacial score (nSPS) is 20.9. The van der Waals surface area contributed by atoms with E-state index in [0.717, 1.165) is 43.2 Å². The lowest BCUT2D eigenvalue weighted by Gasteiger charge is -2.22. The second-order valence-electron chi connectivity index (χ2n) is 5.85. The molecule has 116 valence electrons. The van der Waals surface area contributed by atoms with Crippen molar-refractivity contribution in [1.82, 2.24) is 19.9 Å². The summed E-state index contributed by atoms with van der Waals surface area (Å²) in [5.41, 5.74) is 1.18. The number of nitrogens with one attached hydrogen (secondary N) is 2. The van der Waals surface area contributed by atoms with Crippen molar-refractivity contribution in [2.24, 2.45) is 0 Å². The van der Waals surface area contributed by atoms with E-state index in [-0.39, 0.29) is 12.1 Å². The third-order valence-electron chi connectivity index (χ3n) is 4.41. The molecule has 1 unspecified atom stereocenters. The van der Waals surface area contributed by atoms with Gasteiger partial charge in [0.1, 0.15) is 5.82 Å². The van der Waals surface area contributed by atoms with Gasteiger partial charge in [0.05, 0.1) is 11.7 Å². The Balaban J connectivity index is 1.48. The number of thiazole rings is 1. The fourth-order valence-corrected chi connectivity index (χ4v) is 4.36. The van der Waals surface area contributed by atoms with Gasteiger partial charge in [-0.25, -0.2) is 14.8 Å². The number of aryl methyl sites for hydroxylation is 2. The Morgan fingerprint density at radius 3 is 3.09 bits per heavy atom. The first-order chi connectivity index (χ1) is 10.8. The molecular formula is C15H19N5OS. The largest absolute Gasteiger partial charge is 0.347 e.